The molecule has 2 heterocycles. The fraction of sp³-hybridized carbons (Fsp3) is 0.111. The smallest absolute Gasteiger partial charge is 0.176 e. The van der Waals surface area contributed by atoms with Crippen LogP contribution in [0.3, 0.4) is 0 Å². The summed E-state index contributed by atoms with van der Waals surface area (Å²) in [6, 6.07) is 20.6. The summed E-state index contributed by atoms with van der Waals surface area (Å²) in [5.41, 5.74) is 9.28. The minimum absolute atomic E-state index is 0.719. The van der Waals surface area contributed by atoms with Crippen LogP contribution in [0.2, 0.25) is 0 Å². The van der Waals surface area contributed by atoms with Gasteiger partial charge in [0.05, 0.1) is 24.8 Å². The summed E-state index contributed by atoms with van der Waals surface area (Å²) in [7, 11) is 0. The molecule has 0 spiro atoms. The zero-order valence-corrected chi connectivity index (χ0v) is 13.1. The molecule has 0 unspecified atom stereocenters. The normalized spacial score (nSPS) is 13.7. The molecule has 2 aromatic carbocycles. The number of hydrogen-bond donors (Lipinski definition) is 2. The molecule has 6 heteroatoms. The molecular formula is C18H18N6. The topological polar surface area (TPSA) is 57.5 Å². The van der Waals surface area contributed by atoms with E-state index < -0.39 is 0 Å². The van der Waals surface area contributed by atoms with E-state index in [2.05, 4.69) is 45.5 Å². The van der Waals surface area contributed by atoms with Crippen LogP contribution in [0.5, 0.6) is 0 Å². The van der Waals surface area contributed by atoms with Gasteiger partial charge in [-0.1, -0.05) is 60.7 Å². The number of aromatic nitrogens is 2. The van der Waals surface area contributed by atoms with Gasteiger partial charge in [0.15, 0.2) is 5.84 Å². The standard InChI is InChI=1S/C18H18N6/c1-3-7-15(8-4-1)12-23-14-17(11-19-23)18-20-21-22-24(18)13-16-9-5-2-6-10-16/h1-11,14,21-22H,12-13H2. The third-order valence-electron chi connectivity index (χ3n) is 3.86. The molecular weight excluding hydrogens is 300 g/mol. The highest BCUT2D eigenvalue weighted by Crippen LogP contribution is 2.11. The lowest BCUT2D eigenvalue weighted by atomic mass is 10.2. The zero-order chi connectivity index (χ0) is 16.2. The molecule has 0 bridgehead atoms. The number of rotatable bonds is 5. The third kappa shape index (κ3) is 3.13. The van der Waals surface area contributed by atoms with Crippen molar-refractivity contribution in [2.75, 3.05) is 0 Å². The molecule has 4 rings (SSSR count). The van der Waals surface area contributed by atoms with Crippen molar-refractivity contribution in [1.82, 2.24) is 25.9 Å². The molecule has 0 fully saturated rings. The lowest BCUT2D eigenvalue weighted by Crippen LogP contribution is -2.40. The van der Waals surface area contributed by atoms with Crippen LogP contribution in [0.25, 0.3) is 0 Å². The second-order valence-corrected chi connectivity index (χ2v) is 5.64. The van der Waals surface area contributed by atoms with Crippen molar-refractivity contribution < 1.29 is 0 Å². The summed E-state index contributed by atoms with van der Waals surface area (Å²) in [5, 5.41) is 10.8. The molecule has 1 aliphatic heterocycles. The van der Waals surface area contributed by atoms with Crippen molar-refractivity contribution in [2.24, 2.45) is 5.10 Å². The maximum Gasteiger partial charge on any atom is 0.176 e. The van der Waals surface area contributed by atoms with E-state index in [4.69, 9.17) is 0 Å². The van der Waals surface area contributed by atoms with E-state index in [0.717, 1.165) is 24.5 Å². The predicted molar refractivity (Wildman–Crippen MR) is 92.6 cm³/mol. The molecule has 0 amide bonds. The van der Waals surface area contributed by atoms with Crippen molar-refractivity contribution in [3.63, 3.8) is 0 Å². The fourth-order valence-corrected chi connectivity index (χ4v) is 2.69. The zero-order valence-electron chi connectivity index (χ0n) is 13.1. The van der Waals surface area contributed by atoms with Crippen molar-refractivity contribution in [3.8, 4) is 0 Å². The van der Waals surface area contributed by atoms with Crippen molar-refractivity contribution in [1.29, 1.82) is 0 Å². The number of amidine groups is 1. The third-order valence-corrected chi connectivity index (χ3v) is 3.86. The first kappa shape index (κ1) is 14.5. The van der Waals surface area contributed by atoms with Crippen LogP contribution >= 0.6 is 0 Å². The number of hydrazone groups is 1. The van der Waals surface area contributed by atoms with E-state index >= 15 is 0 Å². The number of nitrogens with zero attached hydrogens (tertiary/aromatic N) is 4. The van der Waals surface area contributed by atoms with Gasteiger partial charge in [-0.05, 0) is 11.1 Å². The van der Waals surface area contributed by atoms with Crippen LogP contribution in [-0.4, -0.2) is 20.6 Å². The summed E-state index contributed by atoms with van der Waals surface area (Å²) < 4.78 is 1.92. The Bertz CT molecular complexity index is 825. The number of hydrogen-bond acceptors (Lipinski definition) is 5. The second-order valence-electron chi connectivity index (χ2n) is 5.64. The van der Waals surface area contributed by atoms with Gasteiger partial charge in [-0.3, -0.25) is 9.69 Å². The highest BCUT2D eigenvalue weighted by atomic mass is 15.8. The Morgan fingerprint density at radius 2 is 1.50 bits per heavy atom. The maximum absolute atomic E-state index is 4.45. The van der Waals surface area contributed by atoms with E-state index in [1.54, 1.807) is 0 Å². The molecule has 2 N–H and O–H groups in total. The first-order chi connectivity index (χ1) is 11.9. The average molecular weight is 318 g/mol. The van der Waals surface area contributed by atoms with Gasteiger partial charge in [0.25, 0.3) is 0 Å². The van der Waals surface area contributed by atoms with Gasteiger partial charge in [0.2, 0.25) is 0 Å². The Morgan fingerprint density at radius 1 is 0.833 bits per heavy atom. The van der Waals surface area contributed by atoms with Crippen LogP contribution in [0.1, 0.15) is 16.7 Å². The van der Waals surface area contributed by atoms with Crippen molar-refractivity contribution in [3.05, 3.63) is 89.7 Å². The van der Waals surface area contributed by atoms with Crippen LogP contribution in [0.4, 0.5) is 0 Å². The van der Waals surface area contributed by atoms with Gasteiger partial charge >= 0.3 is 0 Å². The Morgan fingerprint density at radius 3 is 2.21 bits per heavy atom. The van der Waals surface area contributed by atoms with E-state index in [1.165, 1.54) is 11.1 Å². The molecule has 3 aromatic rings. The van der Waals surface area contributed by atoms with Gasteiger partial charge in [0, 0.05) is 6.20 Å². The molecule has 0 radical (unpaired) electrons. The summed E-state index contributed by atoms with van der Waals surface area (Å²) in [6.07, 6.45) is 3.85. The lowest BCUT2D eigenvalue weighted by molar-refractivity contribution is 0.288. The Balaban J connectivity index is 1.49. The molecule has 0 saturated carbocycles. The summed E-state index contributed by atoms with van der Waals surface area (Å²) in [4.78, 5) is 0. The molecule has 6 nitrogen and oxygen atoms in total. The highest BCUT2D eigenvalue weighted by Gasteiger charge is 2.20. The molecule has 24 heavy (non-hydrogen) atoms. The molecule has 0 aliphatic carbocycles. The minimum Gasteiger partial charge on any atom is -0.268 e. The van der Waals surface area contributed by atoms with E-state index in [1.807, 2.05) is 58.5 Å². The Kier molecular flexibility index (Phi) is 3.95. The largest absolute Gasteiger partial charge is 0.268 e. The maximum atomic E-state index is 4.45. The average Bonchev–Trinajstić information content (AvgIpc) is 3.26. The van der Waals surface area contributed by atoms with Crippen LogP contribution < -0.4 is 11.1 Å². The van der Waals surface area contributed by atoms with Crippen molar-refractivity contribution in [2.45, 2.75) is 13.1 Å². The highest BCUT2D eigenvalue weighted by molar-refractivity contribution is 5.98. The van der Waals surface area contributed by atoms with Crippen LogP contribution in [-0.2, 0) is 13.1 Å². The van der Waals surface area contributed by atoms with Gasteiger partial charge in [0.1, 0.15) is 0 Å². The van der Waals surface area contributed by atoms with Crippen molar-refractivity contribution >= 4 is 5.84 Å². The predicted octanol–water partition coefficient (Wildman–Crippen LogP) is 2.12. The first-order valence-corrected chi connectivity index (χ1v) is 7.85. The molecule has 1 aromatic heterocycles. The monoisotopic (exact) mass is 318 g/mol. The summed E-state index contributed by atoms with van der Waals surface area (Å²) >= 11 is 0. The molecule has 0 saturated heterocycles. The van der Waals surface area contributed by atoms with E-state index in [0.29, 0.717) is 0 Å². The summed E-state index contributed by atoms with van der Waals surface area (Å²) in [5.74, 6) is 0.832. The number of nitrogens with one attached hydrogen (secondary N) is 2. The van der Waals surface area contributed by atoms with Gasteiger partial charge in [-0.2, -0.15) is 5.10 Å². The minimum atomic E-state index is 0.719. The quantitative estimate of drug-likeness (QED) is 0.756. The van der Waals surface area contributed by atoms with Gasteiger partial charge in [-0.25, -0.2) is 5.53 Å². The number of benzene rings is 2. The van der Waals surface area contributed by atoms with Crippen LogP contribution in [0.15, 0.2) is 78.2 Å². The Labute approximate surface area is 140 Å². The first-order valence-electron chi connectivity index (χ1n) is 7.85. The molecule has 1 aliphatic rings. The second kappa shape index (κ2) is 6.55. The Hall–Kier alpha value is -3.12. The lowest BCUT2D eigenvalue weighted by Gasteiger charge is -2.18. The summed E-state index contributed by atoms with van der Waals surface area (Å²) in [6.45, 7) is 1.46. The number of hydrazine groups is 2. The van der Waals surface area contributed by atoms with Crippen LogP contribution in [0, 0.1) is 0 Å². The van der Waals surface area contributed by atoms with E-state index in [-0.39, 0.29) is 0 Å². The van der Waals surface area contributed by atoms with E-state index in [9.17, 15) is 0 Å². The SMILES string of the molecule is c1ccc(CN2NNN=C2c2cnn(Cc3ccccc3)c2)cc1. The molecule has 0 atom stereocenters. The molecule has 120 valence electrons. The van der Waals surface area contributed by atoms with Gasteiger partial charge < -0.3 is 0 Å². The van der Waals surface area contributed by atoms with Gasteiger partial charge in [-0.15, -0.1) is 10.6 Å². The fourth-order valence-electron chi connectivity index (χ4n) is 2.69.